The van der Waals surface area contributed by atoms with E-state index in [9.17, 15) is 0 Å². The zero-order chi connectivity index (χ0) is 10.5. The number of halogens is 1. The fourth-order valence-corrected chi connectivity index (χ4v) is 3.07. The molecule has 15 heavy (non-hydrogen) atoms. The quantitative estimate of drug-likeness (QED) is 0.824. The normalized spacial score (nSPS) is 21.3. The molecule has 0 bridgehead atoms. The van der Waals surface area contributed by atoms with Crippen LogP contribution >= 0.6 is 23.4 Å². The van der Waals surface area contributed by atoms with Gasteiger partial charge in [-0.3, -0.25) is 0 Å². The highest BCUT2D eigenvalue weighted by atomic mass is 35.5. The lowest BCUT2D eigenvalue weighted by Crippen LogP contribution is -2.19. The largest absolute Gasteiger partial charge is 0.385 e. The molecular weight excluding hydrogens is 228 g/mol. The lowest BCUT2D eigenvalue weighted by atomic mass is 10.1. The molecule has 82 valence electrons. The molecule has 1 aromatic rings. The maximum absolute atomic E-state index is 5.81. The van der Waals surface area contributed by atoms with Crippen LogP contribution in [-0.4, -0.2) is 23.0 Å². The lowest BCUT2D eigenvalue weighted by molar-refractivity contribution is 0.549. The van der Waals surface area contributed by atoms with Crippen LogP contribution in [0.15, 0.2) is 18.3 Å². The molecule has 0 spiro atoms. The predicted octanol–water partition coefficient (Wildman–Crippen LogP) is 3.29. The van der Waals surface area contributed by atoms with Crippen LogP contribution in [0.5, 0.6) is 0 Å². The van der Waals surface area contributed by atoms with E-state index >= 15 is 0 Å². The number of aromatic nitrogens is 1. The summed E-state index contributed by atoms with van der Waals surface area (Å²) in [6.45, 7) is 1.05. The SMILES string of the molecule is Clc1cc(NCC2CCCSC2)ccn1. The van der Waals surface area contributed by atoms with Crippen molar-refractivity contribution >= 4 is 29.1 Å². The van der Waals surface area contributed by atoms with Gasteiger partial charge in [0.25, 0.3) is 0 Å². The molecule has 1 aliphatic heterocycles. The van der Waals surface area contributed by atoms with Gasteiger partial charge < -0.3 is 5.32 Å². The van der Waals surface area contributed by atoms with Crippen LogP contribution < -0.4 is 5.32 Å². The topological polar surface area (TPSA) is 24.9 Å². The first-order valence-electron chi connectivity index (χ1n) is 5.28. The lowest BCUT2D eigenvalue weighted by Gasteiger charge is -2.21. The number of rotatable bonds is 3. The second-order valence-corrected chi connectivity index (χ2v) is 5.37. The van der Waals surface area contributed by atoms with Gasteiger partial charge in [0, 0.05) is 18.4 Å². The van der Waals surface area contributed by atoms with Crippen molar-refractivity contribution in [2.24, 2.45) is 5.92 Å². The molecule has 0 radical (unpaired) electrons. The summed E-state index contributed by atoms with van der Waals surface area (Å²) in [5, 5.41) is 3.97. The molecule has 0 amide bonds. The van der Waals surface area contributed by atoms with E-state index in [1.807, 2.05) is 12.1 Å². The van der Waals surface area contributed by atoms with E-state index < -0.39 is 0 Å². The molecule has 0 aliphatic carbocycles. The van der Waals surface area contributed by atoms with E-state index in [1.54, 1.807) is 6.20 Å². The van der Waals surface area contributed by atoms with Crippen LogP contribution in [0.2, 0.25) is 5.15 Å². The first-order valence-corrected chi connectivity index (χ1v) is 6.81. The Labute approximate surface area is 99.8 Å². The summed E-state index contributed by atoms with van der Waals surface area (Å²) in [7, 11) is 0. The molecule has 4 heteroatoms. The van der Waals surface area contributed by atoms with E-state index in [-0.39, 0.29) is 0 Å². The van der Waals surface area contributed by atoms with Crippen LogP contribution in [0.3, 0.4) is 0 Å². The molecule has 0 saturated carbocycles. The number of nitrogens with zero attached hydrogens (tertiary/aromatic N) is 1. The molecule has 1 aromatic heterocycles. The van der Waals surface area contributed by atoms with E-state index in [0.29, 0.717) is 5.15 Å². The Morgan fingerprint density at radius 3 is 3.27 bits per heavy atom. The Morgan fingerprint density at radius 2 is 2.53 bits per heavy atom. The van der Waals surface area contributed by atoms with Gasteiger partial charge in [0.15, 0.2) is 0 Å². The highest BCUT2D eigenvalue weighted by Crippen LogP contribution is 2.23. The Kier molecular flexibility index (Phi) is 4.15. The van der Waals surface area contributed by atoms with Crippen molar-refractivity contribution in [1.29, 1.82) is 0 Å². The minimum atomic E-state index is 0.554. The van der Waals surface area contributed by atoms with Gasteiger partial charge in [0.1, 0.15) is 5.15 Å². The van der Waals surface area contributed by atoms with E-state index in [1.165, 1.54) is 24.3 Å². The highest BCUT2D eigenvalue weighted by molar-refractivity contribution is 7.99. The maximum atomic E-state index is 5.81. The Morgan fingerprint density at radius 1 is 1.60 bits per heavy atom. The van der Waals surface area contributed by atoms with E-state index in [0.717, 1.165) is 18.2 Å². The smallest absolute Gasteiger partial charge is 0.131 e. The van der Waals surface area contributed by atoms with Crippen molar-refractivity contribution in [2.75, 3.05) is 23.4 Å². The van der Waals surface area contributed by atoms with Crippen LogP contribution in [0.4, 0.5) is 5.69 Å². The summed E-state index contributed by atoms with van der Waals surface area (Å²) in [4.78, 5) is 3.96. The minimum Gasteiger partial charge on any atom is -0.385 e. The van der Waals surface area contributed by atoms with Gasteiger partial charge in [-0.25, -0.2) is 4.98 Å². The first kappa shape index (κ1) is 11.1. The van der Waals surface area contributed by atoms with Crippen molar-refractivity contribution in [3.63, 3.8) is 0 Å². The van der Waals surface area contributed by atoms with Crippen molar-refractivity contribution < 1.29 is 0 Å². The standard InChI is InChI=1S/C11H15ClN2S/c12-11-6-10(3-4-13-11)14-7-9-2-1-5-15-8-9/h3-4,6,9H,1-2,5,7-8H2,(H,13,14). The number of thioether (sulfide) groups is 1. The molecule has 1 N–H and O–H groups in total. The maximum Gasteiger partial charge on any atom is 0.131 e. The third-order valence-electron chi connectivity index (χ3n) is 2.58. The third-order valence-corrected chi connectivity index (χ3v) is 4.07. The van der Waals surface area contributed by atoms with Gasteiger partial charge in [-0.2, -0.15) is 11.8 Å². The summed E-state index contributed by atoms with van der Waals surface area (Å²) in [6, 6.07) is 3.83. The summed E-state index contributed by atoms with van der Waals surface area (Å²) in [5.41, 5.74) is 1.07. The Balaban J connectivity index is 1.81. The van der Waals surface area contributed by atoms with Gasteiger partial charge in [-0.15, -0.1) is 0 Å². The third kappa shape index (κ3) is 3.58. The molecule has 2 nitrogen and oxygen atoms in total. The summed E-state index contributed by atoms with van der Waals surface area (Å²) in [5.74, 6) is 3.42. The van der Waals surface area contributed by atoms with Crippen LogP contribution in [-0.2, 0) is 0 Å². The fraction of sp³-hybridized carbons (Fsp3) is 0.545. The molecule has 1 fully saturated rings. The van der Waals surface area contributed by atoms with E-state index in [2.05, 4.69) is 22.1 Å². The summed E-state index contributed by atoms with van der Waals surface area (Å²) in [6.07, 6.45) is 4.44. The molecular formula is C11H15ClN2S. The van der Waals surface area contributed by atoms with Gasteiger partial charge >= 0.3 is 0 Å². The number of hydrogen-bond acceptors (Lipinski definition) is 3. The number of anilines is 1. The molecule has 0 aromatic carbocycles. The molecule has 2 rings (SSSR count). The minimum absolute atomic E-state index is 0.554. The zero-order valence-corrected chi connectivity index (χ0v) is 10.2. The van der Waals surface area contributed by atoms with Gasteiger partial charge in [0.05, 0.1) is 0 Å². The van der Waals surface area contributed by atoms with Gasteiger partial charge in [-0.05, 0) is 42.4 Å². The van der Waals surface area contributed by atoms with Crippen molar-refractivity contribution in [3.05, 3.63) is 23.5 Å². The summed E-state index contributed by atoms with van der Waals surface area (Å²) < 4.78 is 0. The van der Waals surface area contributed by atoms with Crippen LogP contribution in [0.1, 0.15) is 12.8 Å². The Bertz CT molecular complexity index is 313. The molecule has 1 saturated heterocycles. The van der Waals surface area contributed by atoms with Crippen LogP contribution in [0.25, 0.3) is 0 Å². The molecule has 1 aliphatic rings. The first-order chi connectivity index (χ1) is 7.34. The molecule has 1 atom stereocenters. The second-order valence-electron chi connectivity index (χ2n) is 3.83. The number of nitrogens with one attached hydrogen (secondary N) is 1. The molecule has 1 unspecified atom stereocenters. The fourth-order valence-electron chi connectivity index (χ4n) is 1.74. The van der Waals surface area contributed by atoms with Gasteiger partial charge in [-0.1, -0.05) is 11.6 Å². The second kappa shape index (κ2) is 5.61. The zero-order valence-electron chi connectivity index (χ0n) is 8.58. The number of pyridine rings is 1. The molecule has 2 heterocycles. The predicted molar refractivity (Wildman–Crippen MR) is 67.8 cm³/mol. The van der Waals surface area contributed by atoms with Gasteiger partial charge in [0.2, 0.25) is 0 Å². The monoisotopic (exact) mass is 242 g/mol. The average molecular weight is 243 g/mol. The Hall–Kier alpha value is -0.410. The number of hydrogen-bond donors (Lipinski definition) is 1. The van der Waals surface area contributed by atoms with Crippen LogP contribution in [0, 0.1) is 5.92 Å². The average Bonchev–Trinajstić information content (AvgIpc) is 2.28. The summed E-state index contributed by atoms with van der Waals surface area (Å²) >= 11 is 7.87. The van der Waals surface area contributed by atoms with Crippen molar-refractivity contribution in [2.45, 2.75) is 12.8 Å². The highest BCUT2D eigenvalue weighted by Gasteiger charge is 2.13. The van der Waals surface area contributed by atoms with Crippen molar-refractivity contribution in [3.8, 4) is 0 Å². The van der Waals surface area contributed by atoms with Crippen molar-refractivity contribution in [1.82, 2.24) is 4.98 Å². The van der Waals surface area contributed by atoms with E-state index in [4.69, 9.17) is 11.6 Å².